The lowest BCUT2D eigenvalue weighted by atomic mass is 10.0. The summed E-state index contributed by atoms with van der Waals surface area (Å²) in [4.78, 5) is 7.37. The average Bonchev–Trinajstić information content (AvgIpc) is 3.12. The van der Waals surface area contributed by atoms with E-state index >= 15 is 0 Å². The van der Waals surface area contributed by atoms with Crippen molar-refractivity contribution in [2.45, 2.75) is 6.42 Å². The molecular formula is C15H14N2O2. The molecule has 0 aliphatic heterocycles. The van der Waals surface area contributed by atoms with Crippen LogP contribution in [0.3, 0.4) is 0 Å². The fourth-order valence-corrected chi connectivity index (χ4v) is 2.07. The molecule has 19 heavy (non-hydrogen) atoms. The minimum atomic E-state index is 0.729. The van der Waals surface area contributed by atoms with Gasteiger partial charge in [-0.1, -0.05) is 6.07 Å². The van der Waals surface area contributed by atoms with Crippen molar-refractivity contribution in [1.29, 1.82) is 0 Å². The molecular weight excluding hydrogens is 240 g/mol. The maximum atomic E-state index is 5.49. The Morgan fingerprint density at radius 3 is 2.95 bits per heavy atom. The zero-order valence-corrected chi connectivity index (χ0v) is 10.6. The summed E-state index contributed by atoms with van der Waals surface area (Å²) in [6.07, 6.45) is 5.98. The van der Waals surface area contributed by atoms with Crippen LogP contribution in [0.1, 0.15) is 11.4 Å². The quantitative estimate of drug-likeness (QED) is 0.777. The van der Waals surface area contributed by atoms with Crippen molar-refractivity contribution in [3.8, 4) is 17.1 Å². The highest BCUT2D eigenvalue weighted by molar-refractivity contribution is 5.64. The highest BCUT2D eigenvalue weighted by atomic mass is 16.5. The van der Waals surface area contributed by atoms with Crippen LogP contribution in [-0.2, 0) is 6.42 Å². The summed E-state index contributed by atoms with van der Waals surface area (Å²) >= 11 is 0. The summed E-state index contributed by atoms with van der Waals surface area (Å²) < 4.78 is 10.8. The summed E-state index contributed by atoms with van der Waals surface area (Å²) in [6.45, 7) is 0. The number of methoxy groups -OCH3 is 1. The fraction of sp³-hybridized carbons (Fsp3) is 0.133. The molecule has 0 aliphatic rings. The molecule has 0 fully saturated rings. The van der Waals surface area contributed by atoms with Gasteiger partial charge in [0, 0.05) is 24.4 Å². The number of aromatic amines is 1. The number of nitrogens with zero attached hydrogens (tertiary/aromatic N) is 1. The first-order valence-corrected chi connectivity index (χ1v) is 6.06. The lowest BCUT2D eigenvalue weighted by Gasteiger charge is -2.08. The van der Waals surface area contributed by atoms with Crippen LogP contribution in [0.15, 0.2) is 53.4 Å². The normalized spacial score (nSPS) is 10.6. The van der Waals surface area contributed by atoms with Crippen molar-refractivity contribution >= 4 is 0 Å². The predicted octanol–water partition coefficient (Wildman–Crippen LogP) is 3.27. The Hall–Kier alpha value is -2.49. The Labute approximate surface area is 111 Å². The monoisotopic (exact) mass is 254 g/mol. The molecule has 0 saturated heterocycles. The molecule has 0 amide bonds. The maximum absolute atomic E-state index is 5.49. The Balaban J connectivity index is 2.03. The SMILES string of the molecule is COc1ccc(Cc2ncc[nH]2)c(-c2ccco2)c1. The van der Waals surface area contributed by atoms with Crippen LogP contribution < -0.4 is 4.74 Å². The molecule has 3 rings (SSSR count). The standard InChI is InChI=1S/C15H14N2O2/c1-18-12-5-4-11(9-15-16-6-7-17-15)13(10-12)14-3-2-8-19-14/h2-8,10H,9H2,1H3,(H,16,17). The van der Waals surface area contributed by atoms with Gasteiger partial charge in [-0.2, -0.15) is 0 Å². The van der Waals surface area contributed by atoms with Crippen molar-refractivity contribution in [3.63, 3.8) is 0 Å². The largest absolute Gasteiger partial charge is 0.497 e. The molecule has 2 aromatic heterocycles. The third-order valence-electron chi connectivity index (χ3n) is 3.02. The van der Waals surface area contributed by atoms with E-state index < -0.39 is 0 Å². The topological polar surface area (TPSA) is 51.0 Å². The van der Waals surface area contributed by atoms with E-state index in [1.165, 1.54) is 0 Å². The van der Waals surface area contributed by atoms with Crippen LogP contribution in [0.25, 0.3) is 11.3 Å². The van der Waals surface area contributed by atoms with Gasteiger partial charge in [-0.05, 0) is 29.8 Å². The number of hydrogen-bond acceptors (Lipinski definition) is 3. The van der Waals surface area contributed by atoms with Crippen LogP contribution in [-0.4, -0.2) is 17.1 Å². The predicted molar refractivity (Wildman–Crippen MR) is 72.1 cm³/mol. The second kappa shape index (κ2) is 5.02. The second-order valence-corrected chi connectivity index (χ2v) is 4.21. The van der Waals surface area contributed by atoms with Gasteiger partial charge in [0.2, 0.25) is 0 Å². The molecule has 1 aromatic carbocycles. The summed E-state index contributed by atoms with van der Waals surface area (Å²) in [6, 6.07) is 9.80. The van der Waals surface area contributed by atoms with Crippen molar-refractivity contribution in [2.75, 3.05) is 7.11 Å². The van der Waals surface area contributed by atoms with Crippen molar-refractivity contribution in [1.82, 2.24) is 9.97 Å². The van der Waals surface area contributed by atoms with Gasteiger partial charge in [-0.15, -0.1) is 0 Å². The van der Waals surface area contributed by atoms with Gasteiger partial charge < -0.3 is 14.1 Å². The minimum Gasteiger partial charge on any atom is -0.497 e. The summed E-state index contributed by atoms with van der Waals surface area (Å²) in [5.74, 6) is 2.58. The van der Waals surface area contributed by atoms with Crippen molar-refractivity contribution in [2.24, 2.45) is 0 Å². The van der Waals surface area contributed by atoms with Gasteiger partial charge in [0.15, 0.2) is 0 Å². The van der Waals surface area contributed by atoms with Crippen LogP contribution in [0.4, 0.5) is 0 Å². The van der Waals surface area contributed by atoms with E-state index in [0.717, 1.165) is 34.9 Å². The number of nitrogens with one attached hydrogen (secondary N) is 1. The van der Waals surface area contributed by atoms with Crippen LogP contribution in [0.2, 0.25) is 0 Å². The van der Waals surface area contributed by atoms with E-state index in [1.807, 2.05) is 36.5 Å². The Morgan fingerprint density at radius 1 is 1.32 bits per heavy atom. The highest BCUT2D eigenvalue weighted by Crippen LogP contribution is 2.29. The lowest BCUT2D eigenvalue weighted by molar-refractivity contribution is 0.414. The summed E-state index contributed by atoms with van der Waals surface area (Å²) in [5.41, 5.74) is 2.17. The second-order valence-electron chi connectivity index (χ2n) is 4.21. The third-order valence-corrected chi connectivity index (χ3v) is 3.02. The van der Waals surface area contributed by atoms with E-state index in [0.29, 0.717) is 0 Å². The smallest absolute Gasteiger partial charge is 0.134 e. The number of benzene rings is 1. The number of rotatable bonds is 4. The molecule has 0 radical (unpaired) electrons. The number of H-pyrrole nitrogens is 1. The first-order chi connectivity index (χ1) is 9.36. The van der Waals surface area contributed by atoms with E-state index in [2.05, 4.69) is 9.97 Å². The van der Waals surface area contributed by atoms with Crippen molar-refractivity contribution < 1.29 is 9.15 Å². The first-order valence-electron chi connectivity index (χ1n) is 6.06. The maximum Gasteiger partial charge on any atom is 0.134 e. The molecule has 0 unspecified atom stereocenters. The van der Waals surface area contributed by atoms with E-state index in [9.17, 15) is 0 Å². The fourth-order valence-electron chi connectivity index (χ4n) is 2.07. The third kappa shape index (κ3) is 2.38. The van der Waals surface area contributed by atoms with Crippen LogP contribution in [0.5, 0.6) is 5.75 Å². The highest BCUT2D eigenvalue weighted by Gasteiger charge is 2.10. The zero-order chi connectivity index (χ0) is 13.1. The van der Waals surface area contributed by atoms with Gasteiger partial charge in [0.1, 0.15) is 17.3 Å². The zero-order valence-electron chi connectivity index (χ0n) is 10.6. The molecule has 0 atom stereocenters. The van der Waals surface area contributed by atoms with Gasteiger partial charge >= 0.3 is 0 Å². The number of ether oxygens (including phenoxy) is 1. The van der Waals surface area contributed by atoms with Gasteiger partial charge in [-0.25, -0.2) is 4.98 Å². The number of hydrogen-bond donors (Lipinski definition) is 1. The summed E-state index contributed by atoms with van der Waals surface area (Å²) in [5, 5.41) is 0. The molecule has 4 heteroatoms. The number of imidazole rings is 1. The molecule has 0 bridgehead atoms. The Bertz CT molecular complexity index is 643. The molecule has 0 saturated carbocycles. The first kappa shape index (κ1) is 11.6. The number of aromatic nitrogens is 2. The molecule has 96 valence electrons. The minimum absolute atomic E-state index is 0.729. The molecule has 0 aliphatic carbocycles. The molecule has 3 aromatic rings. The lowest BCUT2D eigenvalue weighted by Crippen LogP contribution is -1.95. The number of furan rings is 1. The molecule has 1 N–H and O–H groups in total. The van der Waals surface area contributed by atoms with E-state index in [1.54, 1.807) is 19.6 Å². The van der Waals surface area contributed by atoms with Gasteiger partial charge in [0.05, 0.1) is 13.4 Å². The Kier molecular flexibility index (Phi) is 3.06. The van der Waals surface area contributed by atoms with Crippen molar-refractivity contribution in [3.05, 3.63) is 60.4 Å². The molecule has 2 heterocycles. The Morgan fingerprint density at radius 2 is 2.26 bits per heavy atom. The molecule has 0 spiro atoms. The van der Waals surface area contributed by atoms with E-state index in [-0.39, 0.29) is 0 Å². The van der Waals surface area contributed by atoms with E-state index in [4.69, 9.17) is 9.15 Å². The average molecular weight is 254 g/mol. The van der Waals surface area contributed by atoms with Crippen LogP contribution >= 0.6 is 0 Å². The van der Waals surface area contributed by atoms with Gasteiger partial charge in [0.25, 0.3) is 0 Å². The van der Waals surface area contributed by atoms with Crippen LogP contribution in [0, 0.1) is 0 Å². The van der Waals surface area contributed by atoms with Gasteiger partial charge in [-0.3, -0.25) is 0 Å². The summed E-state index contributed by atoms with van der Waals surface area (Å²) in [7, 11) is 1.66. The molecule has 4 nitrogen and oxygen atoms in total.